The maximum atomic E-state index is 9.61. The van der Waals surface area contributed by atoms with Gasteiger partial charge in [-0.15, -0.1) is 6.42 Å². The molecule has 0 spiro atoms. The predicted octanol–water partition coefficient (Wildman–Crippen LogP) is 1.54. The first-order valence-corrected chi connectivity index (χ1v) is 6.88. The third kappa shape index (κ3) is 5.78. The summed E-state index contributed by atoms with van der Waals surface area (Å²) >= 11 is 0. The maximum Gasteiger partial charge on any atom is 0.163 e. The summed E-state index contributed by atoms with van der Waals surface area (Å²) in [7, 11) is 0. The second-order valence-corrected chi connectivity index (χ2v) is 6.09. The average molecular weight is 286 g/mol. The van der Waals surface area contributed by atoms with Crippen LogP contribution in [0.3, 0.4) is 0 Å². The molecule has 1 fully saturated rings. The molecule has 20 heavy (non-hydrogen) atoms. The van der Waals surface area contributed by atoms with Crippen molar-refractivity contribution in [3.63, 3.8) is 0 Å². The Morgan fingerprint density at radius 1 is 1.40 bits per heavy atom. The molecule has 1 heterocycles. The molecule has 0 aromatic heterocycles. The van der Waals surface area contributed by atoms with E-state index in [9.17, 15) is 5.11 Å². The Morgan fingerprint density at radius 2 is 2.05 bits per heavy atom. The highest BCUT2D eigenvalue weighted by Gasteiger charge is 2.44. The van der Waals surface area contributed by atoms with Crippen LogP contribution < -0.4 is 0 Å². The van der Waals surface area contributed by atoms with E-state index in [1.54, 1.807) is 13.8 Å². The van der Waals surface area contributed by atoms with E-state index >= 15 is 0 Å². The molecule has 5 nitrogen and oxygen atoms in total. The van der Waals surface area contributed by atoms with E-state index in [1.807, 2.05) is 20.8 Å². The minimum absolute atomic E-state index is 0.0580. The van der Waals surface area contributed by atoms with E-state index in [-0.39, 0.29) is 24.7 Å². The number of ether oxygens (including phenoxy) is 4. The highest BCUT2D eigenvalue weighted by molar-refractivity contribution is 4.87. The van der Waals surface area contributed by atoms with Crippen LogP contribution in [0.1, 0.15) is 34.6 Å². The van der Waals surface area contributed by atoms with Gasteiger partial charge in [-0.2, -0.15) is 0 Å². The van der Waals surface area contributed by atoms with Gasteiger partial charge in [-0.05, 0) is 27.7 Å². The Kier molecular flexibility index (Phi) is 5.99. The summed E-state index contributed by atoms with van der Waals surface area (Å²) in [6.07, 6.45) is 4.80. The molecular weight excluding hydrogens is 260 g/mol. The van der Waals surface area contributed by atoms with Crippen LogP contribution in [0.4, 0.5) is 0 Å². The van der Waals surface area contributed by atoms with E-state index in [1.165, 1.54) is 0 Å². The zero-order valence-corrected chi connectivity index (χ0v) is 13.0. The minimum Gasteiger partial charge on any atom is -0.366 e. The van der Waals surface area contributed by atoms with Crippen molar-refractivity contribution in [2.24, 2.45) is 5.92 Å². The van der Waals surface area contributed by atoms with Crippen molar-refractivity contribution < 1.29 is 24.1 Å². The average Bonchev–Trinajstić information content (AvgIpc) is 2.61. The zero-order chi connectivity index (χ0) is 15.4. The fourth-order valence-electron chi connectivity index (χ4n) is 2.14. The fraction of sp³-hybridized carbons (Fsp3) is 0.867. The topological polar surface area (TPSA) is 57.2 Å². The third-order valence-electron chi connectivity index (χ3n) is 2.95. The lowest BCUT2D eigenvalue weighted by atomic mass is 10.0. The molecular formula is C15H26O5. The first-order chi connectivity index (χ1) is 9.14. The lowest BCUT2D eigenvalue weighted by Crippen LogP contribution is -2.37. The van der Waals surface area contributed by atoms with Gasteiger partial charge in [-0.3, -0.25) is 0 Å². The van der Waals surface area contributed by atoms with Crippen LogP contribution in [0.5, 0.6) is 0 Å². The van der Waals surface area contributed by atoms with Crippen LogP contribution in [0.25, 0.3) is 0 Å². The molecule has 1 aliphatic rings. The van der Waals surface area contributed by atoms with Gasteiger partial charge in [0.2, 0.25) is 0 Å². The first-order valence-electron chi connectivity index (χ1n) is 6.88. The molecule has 1 aliphatic heterocycles. The van der Waals surface area contributed by atoms with Crippen molar-refractivity contribution in [2.75, 3.05) is 19.8 Å². The van der Waals surface area contributed by atoms with E-state index in [2.05, 4.69) is 5.92 Å². The van der Waals surface area contributed by atoms with E-state index < -0.39 is 11.6 Å². The minimum atomic E-state index is -1.15. The van der Waals surface area contributed by atoms with Crippen LogP contribution in [-0.2, 0) is 18.9 Å². The van der Waals surface area contributed by atoms with Gasteiger partial charge in [0.05, 0.1) is 19.3 Å². The van der Waals surface area contributed by atoms with E-state index in [0.717, 1.165) is 0 Å². The molecule has 0 saturated carbocycles. The van der Waals surface area contributed by atoms with Crippen molar-refractivity contribution in [1.82, 2.24) is 0 Å². The van der Waals surface area contributed by atoms with Crippen LogP contribution in [-0.4, -0.2) is 48.7 Å². The SMILES string of the molecule is C#CCOC[C@@H]1OC(C)(C)OC1C(C)COC(C)(C)O. The number of hydrogen-bond donors (Lipinski definition) is 1. The molecule has 5 heteroatoms. The van der Waals surface area contributed by atoms with Gasteiger partial charge in [0, 0.05) is 5.92 Å². The first kappa shape index (κ1) is 17.4. The lowest BCUT2D eigenvalue weighted by Gasteiger charge is -2.26. The van der Waals surface area contributed by atoms with Gasteiger partial charge in [-0.1, -0.05) is 12.8 Å². The second kappa shape index (κ2) is 6.88. The van der Waals surface area contributed by atoms with Crippen molar-refractivity contribution in [3.8, 4) is 12.3 Å². The van der Waals surface area contributed by atoms with Gasteiger partial charge < -0.3 is 24.1 Å². The van der Waals surface area contributed by atoms with Crippen molar-refractivity contribution in [1.29, 1.82) is 0 Å². The van der Waals surface area contributed by atoms with Crippen LogP contribution in [0.15, 0.2) is 0 Å². The molecule has 0 bridgehead atoms. The molecule has 0 aromatic carbocycles. The van der Waals surface area contributed by atoms with Crippen molar-refractivity contribution >= 4 is 0 Å². The molecule has 1 N–H and O–H groups in total. The summed E-state index contributed by atoms with van der Waals surface area (Å²) in [5.41, 5.74) is 0. The summed E-state index contributed by atoms with van der Waals surface area (Å²) in [5.74, 6) is 0.674. The summed E-state index contributed by atoms with van der Waals surface area (Å²) in [4.78, 5) is 0. The molecule has 1 rings (SSSR count). The smallest absolute Gasteiger partial charge is 0.163 e. The Labute approximate surface area is 121 Å². The Bertz CT molecular complexity index is 339. The Hall–Kier alpha value is -0.640. The maximum absolute atomic E-state index is 9.61. The standard InChI is InChI=1S/C15H26O5/c1-7-8-17-10-12-13(20-15(5,6)19-12)11(2)9-18-14(3,4)16/h1,11-13,16H,8-10H2,2-6H3/t11?,12-,13?/m0/s1. The van der Waals surface area contributed by atoms with Crippen LogP contribution >= 0.6 is 0 Å². The van der Waals surface area contributed by atoms with Crippen LogP contribution in [0, 0.1) is 18.3 Å². The molecule has 116 valence electrons. The van der Waals surface area contributed by atoms with Crippen molar-refractivity contribution in [3.05, 3.63) is 0 Å². The van der Waals surface area contributed by atoms with Crippen LogP contribution in [0.2, 0.25) is 0 Å². The highest BCUT2D eigenvalue weighted by atomic mass is 16.8. The molecule has 2 unspecified atom stereocenters. The molecule has 0 amide bonds. The molecule has 3 atom stereocenters. The monoisotopic (exact) mass is 286 g/mol. The second-order valence-electron chi connectivity index (χ2n) is 6.09. The van der Waals surface area contributed by atoms with E-state index in [0.29, 0.717) is 13.2 Å². The molecule has 0 aromatic rings. The lowest BCUT2D eigenvalue weighted by molar-refractivity contribution is -0.193. The third-order valence-corrected chi connectivity index (χ3v) is 2.95. The zero-order valence-electron chi connectivity index (χ0n) is 13.0. The normalized spacial score (nSPS) is 27.2. The summed E-state index contributed by atoms with van der Waals surface area (Å²) in [5, 5.41) is 9.61. The summed E-state index contributed by atoms with van der Waals surface area (Å²) in [6, 6.07) is 0. The number of rotatable bonds is 7. The van der Waals surface area contributed by atoms with Gasteiger partial charge in [0.25, 0.3) is 0 Å². The van der Waals surface area contributed by atoms with Gasteiger partial charge in [-0.25, -0.2) is 0 Å². The van der Waals surface area contributed by atoms with Gasteiger partial charge in [0.15, 0.2) is 11.6 Å². The van der Waals surface area contributed by atoms with E-state index in [4.69, 9.17) is 25.4 Å². The largest absolute Gasteiger partial charge is 0.366 e. The number of terminal acetylenes is 1. The summed E-state index contributed by atoms with van der Waals surface area (Å²) in [6.45, 7) is 9.93. The van der Waals surface area contributed by atoms with Crippen molar-refractivity contribution in [2.45, 2.75) is 58.4 Å². The molecule has 1 saturated heterocycles. The number of aliphatic hydroxyl groups is 1. The highest BCUT2D eigenvalue weighted by Crippen LogP contribution is 2.32. The quantitative estimate of drug-likeness (QED) is 0.437. The van der Waals surface area contributed by atoms with Gasteiger partial charge >= 0.3 is 0 Å². The predicted molar refractivity (Wildman–Crippen MR) is 74.9 cm³/mol. The Morgan fingerprint density at radius 3 is 2.60 bits per heavy atom. The fourth-order valence-corrected chi connectivity index (χ4v) is 2.14. The van der Waals surface area contributed by atoms with Gasteiger partial charge in [0.1, 0.15) is 12.7 Å². The molecule has 0 aliphatic carbocycles. The Balaban J connectivity index is 2.56. The molecule has 0 radical (unpaired) electrons. The number of hydrogen-bond acceptors (Lipinski definition) is 5. The summed E-state index contributed by atoms with van der Waals surface area (Å²) < 4.78 is 22.5.